The predicted octanol–water partition coefficient (Wildman–Crippen LogP) is 2.51. The van der Waals surface area contributed by atoms with Gasteiger partial charge in [0, 0.05) is 18.6 Å². The summed E-state index contributed by atoms with van der Waals surface area (Å²) in [6.07, 6.45) is 3.36. The van der Waals surface area contributed by atoms with Gasteiger partial charge >= 0.3 is 0 Å². The molecule has 0 atom stereocenters. The predicted molar refractivity (Wildman–Crippen MR) is 73.1 cm³/mol. The van der Waals surface area contributed by atoms with Crippen molar-refractivity contribution in [2.45, 2.75) is 6.92 Å². The Balaban J connectivity index is 2.23. The summed E-state index contributed by atoms with van der Waals surface area (Å²) in [6, 6.07) is 9.66. The van der Waals surface area contributed by atoms with Crippen molar-refractivity contribution in [3.05, 3.63) is 59.7 Å². The van der Waals surface area contributed by atoms with Gasteiger partial charge in [0.15, 0.2) is 0 Å². The summed E-state index contributed by atoms with van der Waals surface area (Å²) in [5.41, 5.74) is 1.93. The van der Waals surface area contributed by atoms with Gasteiger partial charge in [0.05, 0.1) is 6.20 Å². The minimum absolute atomic E-state index is 0.0886. The number of carbonyl (C=O) groups is 1. The Morgan fingerprint density at radius 2 is 2.00 bits per heavy atom. The minimum atomic E-state index is -0.0886. The first-order valence-electron chi connectivity index (χ1n) is 6.05. The third-order valence-corrected chi connectivity index (χ3v) is 3.23. The van der Waals surface area contributed by atoms with E-state index in [-0.39, 0.29) is 5.78 Å². The molecule has 1 aromatic carbocycles. The van der Waals surface area contributed by atoms with E-state index in [4.69, 9.17) is 0 Å². The molecule has 3 aromatic rings. The van der Waals surface area contributed by atoms with E-state index in [1.807, 2.05) is 37.3 Å². The topological polar surface area (TPSA) is 47.8 Å². The van der Waals surface area contributed by atoms with E-state index >= 15 is 0 Å². The number of benzene rings is 1. The number of rotatable bonds is 2. The lowest BCUT2D eigenvalue weighted by Gasteiger charge is -2.06. The molecule has 0 amide bonds. The van der Waals surface area contributed by atoms with Gasteiger partial charge in [0.2, 0.25) is 5.78 Å². The lowest BCUT2D eigenvalue weighted by molar-refractivity contribution is 0.102. The highest BCUT2D eigenvalue weighted by Crippen LogP contribution is 2.20. The van der Waals surface area contributed by atoms with Crippen LogP contribution in [-0.2, 0) is 7.05 Å². The zero-order chi connectivity index (χ0) is 13.4. The third-order valence-electron chi connectivity index (χ3n) is 3.23. The van der Waals surface area contributed by atoms with Gasteiger partial charge in [-0.2, -0.15) is 5.10 Å². The summed E-state index contributed by atoms with van der Waals surface area (Å²) in [4.78, 5) is 16.9. The maximum atomic E-state index is 12.6. The monoisotopic (exact) mass is 251 g/mol. The molecule has 0 N–H and O–H groups in total. The second-order valence-electron chi connectivity index (χ2n) is 4.51. The van der Waals surface area contributed by atoms with E-state index in [1.165, 1.54) is 0 Å². The van der Waals surface area contributed by atoms with Crippen LogP contribution >= 0.6 is 0 Å². The molecule has 0 fully saturated rings. The highest BCUT2D eigenvalue weighted by molar-refractivity contribution is 6.14. The standard InChI is InChI=1S/C15H13N3O/c1-10-9-17-18(2)14(10)15(19)13-12-6-4-3-5-11(12)7-8-16-13/h3-9H,1-2H3. The van der Waals surface area contributed by atoms with Crippen LogP contribution in [0.25, 0.3) is 10.8 Å². The Morgan fingerprint density at radius 3 is 2.74 bits per heavy atom. The zero-order valence-corrected chi connectivity index (χ0v) is 10.8. The van der Waals surface area contributed by atoms with E-state index in [2.05, 4.69) is 10.1 Å². The molecule has 0 aliphatic rings. The molecule has 3 rings (SSSR count). The molecule has 2 aromatic heterocycles. The van der Waals surface area contributed by atoms with E-state index < -0.39 is 0 Å². The molecule has 19 heavy (non-hydrogen) atoms. The maximum Gasteiger partial charge on any atom is 0.230 e. The highest BCUT2D eigenvalue weighted by atomic mass is 16.1. The van der Waals surface area contributed by atoms with Crippen LogP contribution in [0.2, 0.25) is 0 Å². The summed E-state index contributed by atoms with van der Waals surface area (Å²) in [5.74, 6) is -0.0886. The van der Waals surface area contributed by atoms with E-state index in [0.29, 0.717) is 11.4 Å². The molecular weight excluding hydrogens is 238 g/mol. The van der Waals surface area contributed by atoms with Crippen molar-refractivity contribution in [3.8, 4) is 0 Å². The Labute approximate surface area is 110 Å². The molecule has 94 valence electrons. The maximum absolute atomic E-state index is 12.6. The highest BCUT2D eigenvalue weighted by Gasteiger charge is 2.19. The van der Waals surface area contributed by atoms with Gasteiger partial charge in [-0.1, -0.05) is 24.3 Å². The minimum Gasteiger partial charge on any atom is -0.285 e. The van der Waals surface area contributed by atoms with Gasteiger partial charge in [-0.25, -0.2) is 0 Å². The largest absolute Gasteiger partial charge is 0.285 e. The van der Waals surface area contributed by atoms with E-state index in [9.17, 15) is 4.79 Å². The normalized spacial score (nSPS) is 10.8. The number of nitrogens with zero attached hydrogens (tertiary/aromatic N) is 3. The molecule has 0 saturated heterocycles. The third kappa shape index (κ3) is 1.81. The van der Waals surface area contributed by atoms with Gasteiger partial charge in [0.25, 0.3) is 0 Å². The smallest absolute Gasteiger partial charge is 0.230 e. The Kier molecular flexibility index (Phi) is 2.63. The van der Waals surface area contributed by atoms with Crippen LogP contribution in [0.5, 0.6) is 0 Å². The lowest BCUT2D eigenvalue weighted by Crippen LogP contribution is -2.11. The molecule has 0 aliphatic carbocycles. The quantitative estimate of drug-likeness (QED) is 0.657. The van der Waals surface area contributed by atoms with Crippen molar-refractivity contribution in [3.63, 3.8) is 0 Å². The summed E-state index contributed by atoms with van der Waals surface area (Å²) < 4.78 is 1.60. The first-order chi connectivity index (χ1) is 9.18. The summed E-state index contributed by atoms with van der Waals surface area (Å²) >= 11 is 0. The van der Waals surface area contributed by atoms with Crippen LogP contribution in [0.3, 0.4) is 0 Å². The zero-order valence-electron chi connectivity index (χ0n) is 10.8. The molecule has 4 heteroatoms. The molecule has 0 radical (unpaired) electrons. The van der Waals surface area contributed by atoms with Gasteiger partial charge in [0.1, 0.15) is 11.4 Å². The second-order valence-corrected chi connectivity index (χ2v) is 4.51. The molecule has 4 nitrogen and oxygen atoms in total. The van der Waals surface area contributed by atoms with Crippen molar-refractivity contribution < 1.29 is 4.79 Å². The van der Waals surface area contributed by atoms with Crippen LogP contribution in [0.1, 0.15) is 21.7 Å². The number of aryl methyl sites for hydroxylation is 2. The molecule has 0 saturated carbocycles. The van der Waals surface area contributed by atoms with Crippen LogP contribution in [0.15, 0.2) is 42.7 Å². The fraction of sp³-hybridized carbons (Fsp3) is 0.133. The summed E-state index contributed by atoms with van der Waals surface area (Å²) in [5, 5.41) is 6.00. The van der Waals surface area contributed by atoms with Crippen LogP contribution in [0.4, 0.5) is 0 Å². The van der Waals surface area contributed by atoms with E-state index in [0.717, 1.165) is 16.3 Å². The molecule has 0 bridgehead atoms. The van der Waals surface area contributed by atoms with Crippen molar-refractivity contribution in [2.75, 3.05) is 0 Å². The van der Waals surface area contributed by atoms with Gasteiger partial charge in [-0.3, -0.25) is 14.5 Å². The molecule has 0 spiro atoms. The Morgan fingerprint density at radius 1 is 1.21 bits per heavy atom. The van der Waals surface area contributed by atoms with Crippen molar-refractivity contribution >= 4 is 16.6 Å². The van der Waals surface area contributed by atoms with Crippen LogP contribution in [0, 0.1) is 6.92 Å². The van der Waals surface area contributed by atoms with Crippen molar-refractivity contribution in [2.24, 2.45) is 7.05 Å². The second kappa shape index (κ2) is 4.31. The van der Waals surface area contributed by atoms with Gasteiger partial charge in [-0.05, 0) is 23.9 Å². The van der Waals surface area contributed by atoms with Gasteiger partial charge in [-0.15, -0.1) is 0 Å². The van der Waals surface area contributed by atoms with Crippen molar-refractivity contribution in [1.82, 2.24) is 14.8 Å². The number of hydrogen-bond donors (Lipinski definition) is 0. The van der Waals surface area contributed by atoms with Crippen LogP contribution < -0.4 is 0 Å². The lowest BCUT2D eigenvalue weighted by atomic mass is 10.0. The Bertz CT molecular complexity index is 749. The molecule has 2 heterocycles. The number of fused-ring (bicyclic) bond motifs is 1. The SMILES string of the molecule is Cc1cnn(C)c1C(=O)c1nccc2ccccc12. The van der Waals surface area contributed by atoms with Crippen LogP contribution in [-0.4, -0.2) is 20.5 Å². The first-order valence-corrected chi connectivity index (χ1v) is 6.05. The first kappa shape index (κ1) is 11.6. The van der Waals surface area contributed by atoms with Gasteiger partial charge < -0.3 is 0 Å². The average molecular weight is 251 g/mol. The molecular formula is C15H13N3O. The number of ketones is 1. The number of carbonyl (C=O) groups excluding carboxylic acids is 1. The Hall–Kier alpha value is -2.49. The van der Waals surface area contributed by atoms with E-state index in [1.54, 1.807) is 24.1 Å². The molecule has 0 aliphatic heterocycles. The fourth-order valence-corrected chi connectivity index (χ4v) is 2.29. The number of hydrogen-bond acceptors (Lipinski definition) is 3. The summed E-state index contributed by atoms with van der Waals surface area (Å²) in [7, 11) is 1.77. The summed E-state index contributed by atoms with van der Waals surface area (Å²) in [6.45, 7) is 1.88. The fourth-order valence-electron chi connectivity index (χ4n) is 2.29. The molecule has 0 unspecified atom stereocenters. The number of pyridine rings is 1. The van der Waals surface area contributed by atoms with Crippen molar-refractivity contribution in [1.29, 1.82) is 0 Å². The average Bonchev–Trinajstić information content (AvgIpc) is 2.77. The number of aromatic nitrogens is 3.